The highest BCUT2D eigenvalue weighted by molar-refractivity contribution is 7.09. The molecule has 1 heterocycles. The first-order chi connectivity index (χ1) is 8.67. The van der Waals surface area contributed by atoms with Crippen LogP contribution in [0.2, 0.25) is 0 Å². The number of hydrogen-bond donors (Lipinski definition) is 2. The van der Waals surface area contributed by atoms with Crippen molar-refractivity contribution in [3.05, 3.63) is 16.1 Å². The topological polar surface area (TPSA) is 49.3 Å². The Bertz CT molecular complexity index is 376. The lowest BCUT2D eigenvalue weighted by atomic mass is 10.2. The van der Waals surface area contributed by atoms with Gasteiger partial charge in [0.05, 0.1) is 18.9 Å². The maximum atomic E-state index is 12.0. The van der Waals surface area contributed by atoms with Crippen LogP contribution in [0.25, 0.3) is 0 Å². The van der Waals surface area contributed by atoms with Crippen molar-refractivity contribution >= 4 is 17.3 Å². The minimum atomic E-state index is -0.311. The van der Waals surface area contributed by atoms with Crippen LogP contribution in [0, 0.1) is 0 Å². The fourth-order valence-corrected chi connectivity index (χ4v) is 2.22. The minimum absolute atomic E-state index is 0.311. The first-order valence-electron chi connectivity index (χ1n) is 6.12. The quantitative estimate of drug-likeness (QED) is 0.474. The molecule has 0 aliphatic heterocycles. The van der Waals surface area contributed by atoms with Gasteiger partial charge in [0, 0.05) is 19.0 Å². The number of alkyl halides is 1. The van der Waals surface area contributed by atoms with E-state index in [9.17, 15) is 4.39 Å². The zero-order valence-electron chi connectivity index (χ0n) is 11.2. The Balaban J connectivity index is 2.37. The van der Waals surface area contributed by atoms with Crippen LogP contribution in [0.4, 0.5) is 4.39 Å². The first-order valence-corrected chi connectivity index (χ1v) is 7.00. The van der Waals surface area contributed by atoms with E-state index in [4.69, 9.17) is 0 Å². The van der Waals surface area contributed by atoms with Crippen molar-refractivity contribution in [2.24, 2.45) is 4.99 Å². The van der Waals surface area contributed by atoms with Crippen LogP contribution in [0.1, 0.15) is 36.9 Å². The number of rotatable bonds is 6. The molecule has 1 aromatic rings. The van der Waals surface area contributed by atoms with Crippen molar-refractivity contribution < 1.29 is 4.39 Å². The van der Waals surface area contributed by atoms with Crippen molar-refractivity contribution in [1.82, 2.24) is 15.6 Å². The normalized spacial score (nSPS) is 11.9. The number of nitrogens with zero attached hydrogens (tertiary/aromatic N) is 2. The van der Waals surface area contributed by atoms with E-state index >= 15 is 0 Å². The van der Waals surface area contributed by atoms with E-state index in [1.165, 1.54) is 0 Å². The van der Waals surface area contributed by atoms with E-state index in [0.29, 0.717) is 31.4 Å². The molecule has 0 radical (unpaired) electrons. The number of aromatic nitrogens is 1. The van der Waals surface area contributed by atoms with Crippen LogP contribution in [0.3, 0.4) is 0 Å². The highest BCUT2D eigenvalue weighted by Crippen LogP contribution is 2.17. The highest BCUT2D eigenvalue weighted by Gasteiger charge is 2.06. The van der Waals surface area contributed by atoms with E-state index in [1.54, 1.807) is 18.4 Å². The Kier molecular flexibility index (Phi) is 6.64. The molecule has 0 atom stereocenters. The molecular formula is C12H21FN4S. The molecule has 0 aliphatic rings. The average Bonchev–Trinajstić information content (AvgIpc) is 2.82. The second-order valence-corrected chi connectivity index (χ2v) is 5.16. The average molecular weight is 272 g/mol. The van der Waals surface area contributed by atoms with Gasteiger partial charge in [-0.15, -0.1) is 11.3 Å². The molecule has 0 saturated carbocycles. The van der Waals surface area contributed by atoms with Crippen LogP contribution >= 0.6 is 11.3 Å². The van der Waals surface area contributed by atoms with Gasteiger partial charge in [0.1, 0.15) is 5.01 Å². The molecule has 0 aromatic carbocycles. The highest BCUT2D eigenvalue weighted by atomic mass is 32.1. The smallest absolute Gasteiger partial charge is 0.191 e. The molecule has 0 spiro atoms. The lowest BCUT2D eigenvalue weighted by Crippen LogP contribution is -2.37. The zero-order valence-corrected chi connectivity index (χ0v) is 12.0. The van der Waals surface area contributed by atoms with Crippen molar-refractivity contribution in [1.29, 1.82) is 0 Å². The number of thiazole rings is 1. The molecule has 0 unspecified atom stereocenters. The molecule has 6 heteroatoms. The third kappa shape index (κ3) is 5.00. The third-order valence-corrected chi connectivity index (χ3v) is 3.26. The Morgan fingerprint density at radius 2 is 2.28 bits per heavy atom. The fraction of sp³-hybridized carbons (Fsp3) is 0.667. The number of guanidine groups is 1. The van der Waals surface area contributed by atoms with Crippen LogP contribution in [0.15, 0.2) is 10.4 Å². The molecule has 0 fully saturated rings. The minimum Gasteiger partial charge on any atom is -0.356 e. The number of aliphatic imine (C=N–C) groups is 1. The summed E-state index contributed by atoms with van der Waals surface area (Å²) in [4.78, 5) is 8.59. The summed E-state index contributed by atoms with van der Waals surface area (Å²) >= 11 is 1.64. The summed E-state index contributed by atoms with van der Waals surface area (Å²) < 4.78 is 12.0. The van der Waals surface area contributed by atoms with E-state index in [0.717, 1.165) is 10.7 Å². The molecule has 1 aromatic heterocycles. The van der Waals surface area contributed by atoms with Crippen LogP contribution in [-0.4, -0.2) is 31.2 Å². The first kappa shape index (κ1) is 14.9. The van der Waals surface area contributed by atoms with Gasteiger partial charge in [-0.05, 0) is 12.3 Å². The predicted molar refractivity (Wildman–Crippen MR) is 75.0 cm³/mol. The Labute approximate surface area is 112 Å². The predicted octanol–water partition coefficient (Wildman–Crippen LogP) is 2.29. The van der Waals surface area contributed by atoms with Gasteiger partial charge in [0.25, 0.3) is 0 Å². The summed E-state index contributed by atoms with van der Waals surface area (Å²) in [6.45, 7) is 5.18. The summed E-state index contributed by atoms with van der Waals surface area (Å²) in [7, 11) is 1.70. The van der Waals surface area contributed by atoms with Crippen LogP contribution in [0.5, 0.6) is 0 Å². The molecule has 0 bridgehead atoms. The molecule has 18 heavy (non-hydrogen) atoms. The lowest BCUT2D eigenvalue weighted by molar-refractivity contribution is 0.470. The summed E-state index contributed by atoms with van der Waals surface area (Å²) in [5.74, 6) is 1.14. The number of nitrogens with one attached hydrogen (secondary N) is 2. The van der Waals surface area contributed by atoms with E-state index in [1.807, 2.05) is 0 Å². The monoisotopic (exact) mass is 272 g/mol. The van der Waals surface area contributed by atoms with Gasteiger partial charge in [0.15, 0.2) is 5.96 Å². The van der Waals surface area contributed by atoms with Gasteiger partial charge in [-0.3, -0.25) is 9.38 Å². The molecule has 0 saturated heterocycles. The molecule has 1 rings (SSSR count). The van der Waals surface area contributed by atoms with E-state index < -0.39 is 0 Å². The number of hydrogen-bond acceptors (Lipinski definition) is 3. The van der Waals surface area contributed by atoms with Crippen molar-refractivity contribution in [3.8, 4) is 0 Å². The number of halogens is 1. The summed E-state index contributed by atoms with van der Waals surface area (Å²) in [5, 5.41) is 9.33. The molecule has 102 valence electrons. The van der Waals surface area contributed by atoms with E-state index in [-0.39, 0.29) is 6.67 Å². The summed E-state index contributed by atoms with van der Waals surface area (Å²) in [6, 6.07) is 0. The van der Waals surface area contributed by atoms with E-state index in [2.05, 4.69) is 39.8 Å². The Morgan fingerprint density at radius 3 is 2.83 bits per heavy atom. The van der Waals surface area contributed by atoms with Gasteiger partial charge in [-0.25, -0.2) is 4.98 Å². The van der Waals surface area contributed by atoms with Gasteiger partial charge >= 0.3 is 0 Å². The summed E-state index contributed by atoms with van der Waals surface area (Å²) in [5.41, 5.74) is 1.12. The molecule has 2 N–H and O–H groups in total. The zero-order chi connectivity index (χ0) is 13.4. The second-order valence-electron chi connectivity index (χ2n) is 4.22. The molecular weight excluding hydrogens is 251 g/mol. The van der Waals surface area contributed by atoms with Gasteiger partial charge in [0.2, 0.25) is 0 Å². The Hall–Kier alpha value is -1.17. The molecule has 4 nitrogen and oxygen atoms in total. The maximum absolute atomic E-state index is 12.0. The SMILES string of the molecule is CN=C(NCCCF)NCc1nc(C(C)C)cs1. The second kappa shape index (κ2) is 8.02. The molecule has 0 amide bonds. The van der Waals surface area contributed by atoms with Crippen LogP contribution < -0.4 is 10.6 Å². The fourth-order valence-electron chi connectivity index (χ4n) is 1.33. The largest absolute Gasteiger partial charge is 0.356 e. The Morgan fingerprint density at radius 1 is 1.50 bits per heavy atom. The van der Waals surface area contributed by atoms with Crippen LogP contribution in [-0.2, 0) is 6.54 Å². The summed E-state index contributed by atoms with van der Waals surface area (Å²) in [6.07, 6.45) is 0.495. The van der Waals surface area contributed by atoms with Crippen molar-refractivity contribution in [2.75, 3.05) is 20.3 Å². The standard InChI is InChI=1S/C12H21FN4S/c1-9(2)10-8-18-11(17-10)7-16-12(14-3)15-6-4-5-13/h8-9H,4-7H2,1-3H3,(H2,14,15,16). The molecule has 0 aliphatic carbocycles. The van der Waals surface area contributed by atoms with Gasteiger partial charge < -0.3 is 10.6 Å². The van der Waals surface area contributed by atoms with Gasteiger partial charge in [-0.1, -0.05) is 13.8 Å². The van der Waals surface area contributed by atoms with Crippen molar-refractivity contribution in [3.63, 3.8) is 0 Å². The third-order valence-electron chi connectivity index (χ3n) is 2.39. The van der Waals surface area contributed by atoms with Gasteiger partial charge in [-0.2, -0.15) is 0 Å². The van der Waals surface area contributed by atoms with Crippen molar-refractivity contribution in [2.45, 2.75) is 32.7 Å². The maximum Gasteiger partial charge on any atom is 0.191 e. The lowest BCUT2D eigenvalue weighted by Gasteiger charge is -2.09.